The van der Waals surface area contributed by atoms with Crippen LogP contribution >= 0.6 is 0 Å². The van der Waals surface area contributed by atoms with Gasteiger partial charge in [-0.2, -0.15) is 4.31 Å². The number of likely N-dealkylation sites (tertiary alicyclic amines) is 1. The molecule has 2 aliphatic rings. The Labute approximate surface area is 192 Å². The summed E-state index contributed by atoms with van der Waals surface area (Å²) in [5, 5.41) is 3.22. The highest BCUT2D eigenvalue weighted by molar-refractivity contribution is 7.89. The molecule has 2 aliphatic heterocycles. The van der Waals surface area contributed by atoms with Gasteiger partial charge in [0.05, 0.1) is 4.90 Å². The lowest BCUT2D eigenvalue weighted by atomic mass is 10.1. The lowest BCUT2D eigenvalue weighted by molar-refractivity contribution is -0.131. The van der Waals surface area contributed by atoms with Crippen LogP contribution in [0.4, 0.5) is 0 Å². The van der Waals surface area contributed by atoms with Gasteiger partial charge in [-0.3, -0.25) is 9.59 Å². The maximum absolute atomic E-state index is 13.6. The topological polar surface area (TPSA) is 90.0 Å². The molecule has 1 aromatic carbocycles. The van der Waals surface area contributed by atoms with E-state index in [0.29, 0.717) is 42.9 Å². The van der Waals surface area contributed by atoms with Crippen molar-refractivity contribution in [2.45, 2.75) is 51.3 Å². The van der Waals surface area contributed by atoms with E-state index < -0.39 is 10.0 Å². The zero-order valence-corrected chi connectivity index (χ0v) is 20.3. The van der Waals surface area contributed by atoms with Gasteiger partial charge in [0.25, 0.3) is 0 Å². The molecule has 2 heterocycles. The lowest BCUT2D eigenvalue weighted by Gasteiger charge is -2.29. The van der Waals surface area contributed by atoms with E-state index >= 15 is 0 Å². The summed E-state index contributed by atoms with van der Waals surface area (Å²) >= 11 is 0. The number of rotatable bonds is 9. The molecule has 9 heteroatoms. The zero-order chi connectivity index (χ0) is 23.3. The highest BCUT2D eigenvalue weighted by atomic mass is 32.2. The largest absolute Gasteiger partial charge is 0.343 e. The molecule has 0 bridgehead atoms. The summed E-state index contributed by atoms with van der Waals surface area (Å²) in [6.45, 7) is 10.2. The monoisotopic (exact) mass is 464 g/mol. The Hall–Kier alpha value is -1.97. The van der Waals surface area contributed by atoms with E-state index in [1.807, 2.05) is 26.8 Å². The molecule has 1 N–H and O–H groups in total. The molecular formula is C23H36N4O4S. The van der Waals surface area contributed by atoms with Crippen molar-refractivity contribution in [1.29, 1.82) is 0 Å². The van der Waals surface area contributed by atoms with Gasteiger partial charge in [0.15, 0.2) is 0 Å². The van der Waals surface area contributed by atoms with E-state index in [-0.39, 0.29) is 31.3 Å². The van der Waals surface area contributed by atoms with Crippen molar-refractivity contribution in [1.82, 2.24) is 19.4 Å². The molecule has 178 valence electrons. The van der Waals surface area contributed by atoms with Crippen molar-refractivity contribution in [2.75, 3.05) is 52.4 Å². The molecule has 0 atom stereocenters. The number of hydrogen-bond donors (Lipinski definition) is 1. The number of sulfonamides is 1. The second kappa shape index (κ2) is 10.8. The molecule has 2 saturated heterocycles. The molecule has 0 radical (unpaired) electrons. The molecule has 32 heavy (non-hydrogen) atoms. The predicted molar refractivity (Wildman–Crippen MR) is 124 cm³/mol. The summed E-state index contributed by atoms with van der Waals surface area (Å²) in [5.74, 6) is 0.122. The first kappa shape index (κ1) is 24.7. The Morgan fingerprint density at radius 2 is 1.72 bits per heavy atom. The Bertz CT molecular complexity index is 942. The van der Waals surface area contributed by atoms with Crippen molar-refractivity contribution in [3.8, 4) is 0 Å². The normalized spacial score (nSPS) is 17.4. The molecular weight excluding hydrogens is 428 g/mol. The van der Waals surface area contributed by atoms with Crippen molar-refractivity contribution in [2.24, 2.45) is 0 Å². The average Bonchev–Trinajstić information content (AvgIpc) is 3.17. The van der Waals surface area contributed by atoms with Crippen molar-refractivity contribution in [3.63, 3.8) is 0 Å². The first-order valence-corrected chi connectivity index (χ1v) is 13.0. The summed E-state index contributed by atoms with van der Waals surface area (Å²) in [7, 11) is -3.76. The Morgan fingerprint density at radius 1 is 1.03 bits per heavy atom. The molecule has 8 nitrogen and oxygen atoms in total. The van der Waals surface area contributed by atoms with Crippen LogP contribution in [0.2, 0.25) is 0 Å². The predicted octanol–water partition coefficient (Wildman–Crippen LogP) is 1.44. The minimum Gasteiger partial charge on any atom is -0.343 e. The molecule has 3 rings (SSSR count). The molecule has 0 aromatic heterocycles. The summed E-state index contributed by atoms with van der Waals surface area (Å²) in [6, 6.07) is 3.63. The summed E-state index contributed by atoms with van der Waals surface area (Å²) in [4.78, 5) is 28.5. The molecule has 2 amide bonds. The Balaban J connectivity index is 1.74. The molecule has 0 saturated carbocycles. The SMILES string of the molecule is Cc1cc(C)c(S(=O)(=O)N(CCCN2CCCC2=O)CCC(=O)N2CCNCC2)cc1C. The van der Waals surface area contributed by atoms with Crippen LogP contribution < -0.4 is 5.32 Å². The Morgan fingerprint density at radius 3 is 2.38 bits per heavy atom. The van der Waals surface area contributed by atoms with Gasteiger partial charge in [-0.15, -0.1) is 0 Å². The lowest BCUT2D eigenvalue weighted by Crippen LogP contribution is -2.47. The van der Waals surface area contributed by atoms with Crippen LogP contribution in [0, 0.1) is 20.8 Å². The number of benzene rings is 1. The molecule has 1 aromatic rings. The fraction of sp³-hybridized carbons (Fsp3) is 0.652. The van der Waals surface area contributed by atoms with Gasteiger partial charge in [-0.25, -0.2) is 8.42 Å². The molecule has 0 spiro atoms. The van der Waals surface area contributed by atoms with Gasteiger partial charge in [0.1, 0.15) is 0 Å². The number of nitrogens with one attached hydrogen (secondary N) is 1. The van der Waals surface area contributed by atoms with Gasteiger partial charge < -0.3 is 15.1 Å². The first-order valence-electron chi connectivity index (χ1n) is 11.5. The third-order valence-electron chi connectivity index (χ3n) is 6.46. The number of amides is 2. The van der Waals surface area contributed by atoms with Crippen LogP contribution in [-0.2, 0) is 19.6 Å². The third-order valence-corrected chi connectivity index (χ3v) is 8.50. The summed E-state index contributed by atoms with van der Waals surface area (Å²) in [6.07, 6.45) is 2.15. The number of nitrogens with zero attached hydrogens (tertiary/aromatic N) is 3. The van der Waals surface area contributed by atoms with E-state index in [9.17, 15) is 18.0 Å². The van der Waals surface area contributed by atoms with Crippen LogP contribution in [0.3, 0.4) is 0 Å². The maximum atomic E-state index is 13.6. The van der Waals surface area contributed by atoms with E-state index in [1.165, 1.54) is 4.31 Å². The quantitative estimate of drug-likeness (QED) is 0.597. The number of carbonyl (C=O) groups is 2. The highest BCUT2D eigenvalue weighted by Crippen LogP contribution is 2.24. The van der Waals surface area contributed by atoms with E-state index in [0.717, 1.165) is 37.2 Å². The minimum atomic E-state index is -3.76. The number of carbonyl (C=O) groups excluding carboxylic acids is 2. The van der Waals surface area contributed by atoms with Crippen LogP contribution in [0.1, 0.15) is 42.4 Å². The molecule has 0 aliphatic carbocycles. The van der Waals surface area contributed by atoms with Gasteiger partial charge in [-0.05, 0) is 56.4 Å². The summed E-state index contributed by atoms with van der Waals surface area (Å²) in [5.41, 5.74) is 2.68. The number of aryl methyl sites for hydroxylation is 3. The minimum absolute atomic E-state index is 0.0155. The van der Waals surface area contributed by atoms with E-state index in [1.54, 1.807) is 15.9 Å². The number of piperazine rings is 1. The van der Waals surface area contributed by atoms with Crippen LogP contribution in [0.15, 0.2) is 17.0 Å². The maximum Gasteiger partial charge on any atom is 0.243 e. The second-order valence-electron chi connectivity index (χ2n) is 8.82. The van der Waals surface area contributed by atoms with Crippen LogP contribution in [0.25, 0.3) is 0 Å². The number of hydrogen-bond acceptors (Lipinski definition) is 5. The van der Waals surface area contributed by atoms with E-state index in [2.05, 4.69) is 5.32 Å². The Kier molecular flexibility index (Phi) is 8.30. The highest BCUT2D eigenvalue weighted by Gasteiger charge is 2.28. The van der Waals surface area contributed by atoms with Crippen molar-refractivity contribution >= 4 is 21.8 Å². The standard InChI is InChI=1S/C23H36N4O4S/c1-18-16-20(3)21(17-19(18)2)32(30,31)27(12-5-11-25-10-4-6-22(25)28)13-7-23(29)26-14-8-24-9-15-26/h16-17,24H,4-15H2,1-3H3. The summed E-state index contributed by atoms with van der Waals surface area (Å²) < 4.78 is 28.7. The van der Waals surface area contributed by atoms with Gasteiger partial charge >= 0.3 is 0 Å². The first-order chi connectivity index (χ1) is 15.2. The van der Waals surface area contributed by atoms with Crippen LogP contribution in [-0.4, -0.2) is 86.7 Å². The second-order valence-corrected chi connectivity index (χ2v) is 10.7. The van der Waals surface area contributed by atoms with E-state index in [4.69, 9.17) is 0 Å². The molecule has 2 fully saturated rings. The van der Waals surface area contributed by atoms with Gasteiger partial charge in [-0.1, -0.05) is 6.07 Å². The van der Waals surface area contributed by atoms with Gasteiger partial charge in [0, 0.05) is 65.2 Å². The fourth-order valence-corrected chi connectivity index (χ4v) is 6.15. The third kappa shape index (κ3) is 5.88. The fourth-order valence-electron chi connectivity index (χ4n) is 4.37. The zero-order valence-electron chi connectivity index (χ0n) is 19.5. The van der Waals surface area contributed by atoms with Crippen molar-refractivity contribution in [3.05, 3.63) is 28.8 Å². The van der Waals surface area contributed by atoms with Crippen LogP contribution in [0.5, 0.6) is 0 Å². The van der Waals surface area contributed by atoms with Crippen molar-refractivity contribution < 1.29 is 18.0 Å². The average molecular weight is 465 g/mol. The molecule has 0 unspecified atom stereocenters. The van der Waals surface area contributed by atoms with Gasteiger partial charge in [0.2, 0.25) is 21.8 Å². The smallest absolute Gasteiger partial charge is 0.243 e.